The van der Waals surface area contributed by atoms with Gasteiger partial charge in [-0.25, -0.2) is 31.5 Å². The first-order chi connectivity index (χ1) is 18.8. The second kappa shape index (κ2) is 11.9. The molecule has 0 unspecified atom stereocenters. The average molecular weight is 625 g/mol. The molecule has 0 fully saturated rings. The number of sulfonamides is 2. The fraction of sp³-hybridized carbons (Fsp3) is 0.167. The molecule has 0 aliphatic carbocycles. The van der Waals surface area contributed by atoms with Gasteiger partial charge in [0.05, 0.1) is 18.2 Å². The fourth-order valence-electron chi connectivity index (χ4n) is 3.64. The summed E-state index contributed by atoms with van der Waals surface area (Å²) in [6.45, 7) is -0.0282. The van der Waals surface area contributed by atoms with Crippen LogP contribution in [0.2, 0.25) is 10.0 Å². The molecule has 2 aromatic heterocycles. The predicted molar refractivity (Wildman–Crippen MR) is 156 cm³/mol. The van der Waals surface area contributed by atoms with E-state index in [1.165, 1.54) is 6.20 Å². The van der Waals surface area contributed by atoms with E-state index in [0.29, 0.717) is 37.9 Å². The maximum atomic E-state index is 13.2. The van der Waals surface area contributed by atoms with Gasteiger partial charge in [-0.1, -0.05) is 35.3 Å². The Hall–Kier alpha value is -3.56. The van der Waals surface area contributed by atoms with Gasteiger partial charge >= 0.3 is 0 Å². The third-order valence-corrected chi connectivity index (χ3v) is 7.18. The highest BCUT2D eigenvalue weighted by atomic mass is 35.5. The molecule has 0 spiro atoms. The Morgan fingerprint density at radius 3 is 2.23 bits per heavy atom. The first-order valence-electron chi connectivity index (χ1n) is 11.5. The number of carbonyl (C=O) groups excluding carboxylic acids is 1. The van der Waals surface area contributed by atoms with Crippen LogP contribution in [0.5, 0.6) is 0 Å². The van der Waals surface area contributed by atoms with Crippen LogP contribution >= 0.6 is 23.2 Å². The Morgan fingerprint density at radius 2 is 1.55 bits per heavy atom. The molecular weight excluding hydrogens is 601 g/mol. The van der Waals surface area contributed by atoms with Gasteiger partial charge in [-0.15, -0.1) is 0 Å². The lowest BCUT2D eigenvalue weighted by atomic mass is 10.0. The van der Waals surface area contributed by atoms with Crippen molar-refractivity contribution in [1.29, 1.82) is 0 Å². The van der Waals surface area contributed by atoms with Crippen LogP contribution < -0.4 is 20.1 Å². The third-order valence-electron chi connectivity index (χ3n) is 5.21. The number of anilines is 3. The van der Waals surface area contributed by atoms with Crippen molar-refractivity contribution in [2.45, 2.75) is 0 Å². The quantitative estimate of drug-likeness (QED) is 0.193. The van der Waals surface area contributed by atoms with Gasteiger partial charge in [-0.3, -0.25) is 9.52 Å². The van der Waals surface area contributed by atoms with Gasteiger partial charge in [0.15, 0.2) is 5.65 Å². The van der Waals surface area contributed by atoms with Crippen LogP contribution in [0.15, 0.2) is 54.7 Å². The van der Waals surface area contributed by atoms with Crippen molar-refractivity contribution < 1.29 is 21.6 Å². The molecule has 40 heavy (non-hydrogen) atoms. The maximum absolute atomic E-state index is 13.2. The van der Waals surface area contributed by atoms with Crippen molar-refractivity contribution in [3.8, 4) is 11.1 Å². The molecule has 0 radical (unpaired) electrons. The zero-order valence-electron chi connectivity index (χ0n) is 21.1. The number of amides is 1. The first kappa shape index (κ1) is 29.4. The summed E-state index contributed by atoms with van der Waals surface area (Å²) in [7, 11) is -6.90. The van der Waals surface area contributed by atoms with Gasteiger partial charge in [0.1, 0.15) is 5.69 Å². The summed E-state index contributed by atoms with van der Waals surface area (Å²) in [5, 5.41) is 6.70. The molecule has 0 aliphatic rings. The van der Waals surface area contributed by atoms with Gasteiger partial charge in [0.2, 0.25) is 26.0 Å². The van der Waals surface area contributed by atoms with E-state index < -0.39 is 26.0 Å². The number of nitrogens with zero attached hydrogens (tertiary/aromatic N) is 3. The number of hydrogen-bond acceptors (Lipinski definition) is 9. The van der Waals surface area contributed by atoms with E-state index in [2.05, 4.69) is 35.0 Å². The van der Waals surface area contributed by atoms with Crippen molar-refractivity contribution in [3.05, 3.63) is 70.5 Å². The number of benzene rings is 2. The number of nitrogens with one attached hydrogen (secondary N) is 4. The van der Waals surface area contributed by atoms with Gasteiger partial charge in [0.25, 0.3) is 5.91 Å². The Kier molecular flexibility index (Phi) is 8.75. The van der Waals surface area contributed by atoms with Gasteiger partial charge in [0, 0.05) is 51.5 Å². The van der Waals surface area contributed by atoms with Crippen LogP contribution in [0.25, 0.3) is 22.2 Å². The van der Waals surface area contributed by atoms with Crippen LogP contribution in [0.4, 0.5) is 17.3 Å². The van der Waals surface area contributed by atoms with E-state index in [1.54, 1.807) is 48.5 Å². The Balaban J connectivity index is 1.71. The zero-order chi connectivity index (χ0) is 29.1. The lowest BCUT2D eigenvalue weighted by molar-refractivity contribution is 0.0950. The largest absolute Gasteiger partial charge is 0.349 e. The highest BCUT2D eigenvalue weighted by Crippen LogP contribution is 2.37. The fourth-order valence-corrected chi connectivity index (χ4v) is 5.27. The molecule has 1 amide bonds. The summed E-state index contributed by atoms with van der Waals surface area (Å²) in [4.78, 5) is 26.4. The normalized spacial score (nSPS) is 11.8. The van der Waals surface area contributed by atoms with Crippen LogP contribution in [0, 0.1) is 0 Å². The molecule has 16 heteroatoms. The highest BCUT2D eigenvalue weighted by Gasteiger charge is 2.21. The summed E-state index contributed by atoms with van der Waals surface area (Å²) in [5.74, 6) is -0.459. The SMILES string of the molecule is CS(=O)(=O)NCCNC(=O)c1nc2nc(Nc3cccc(NS(C)(=O)=O)c3)ncc2cc1-c1c(Cl)cccc1Cl. The van der Waals surface area contributed by atoms with Crippen LogP contribution in [-0.2, 0) is 20.0 Å². The topological polar surface area (TPSA) is 172 Å². The Bertz CT molecular complexity index is 1800. The molecule has 0 saturated heterocycles. The molecule has 4 aromatic rings. The lowest BCUT2D eigenvalue weighted by Crippen LogP contribution is -2.34. The smallest absolute Gasteiger partial charge is 0.270 e. The van der Waals surface area contributed by atoms with E-state index in [9.17, 15) is 21.6 Å². The van der Waals surface area contributed by atoms with Crippen LogP contribution in [0.1, 0.15) is 10.5 Å². The Morgan fingerprint density at radius 1 is 0.875 bits per heavy atom. The number of fused-ring (bicyclic) bond motifs is 1. The lowest BCUT2D eigenvalue weighted by Gasteiger charge is -2.14. The summed E-state index contributed by atoms with van der Waals surface area (Å²) >= 11 is 12.9. The average Bonchev–Trinajstić information content (AvgIpc) is 2.84. The monoisotopic (exact) mass is 623 g/mol. The first-order valence-corrected chi connectivity index (χ1v) is 16.0. The van der Waals surface area contributed by atoms with E-state index in [0.717, 1.165) is 12.5 Å². The second-order valence-electron chi connectivity index (χ2n) is 8.59. The maximum Gasteiger partial charge on any atom is 0.270 e. The second-order valence-corrected chi connectivity index (χ2v) is 13.0. The predicted octanol–water partition coefficient (Wildman–Crippen LogP) is 3.39. The van der Waals surface area contributed by atoms with E-state index in [4.69, 9.17) is 23.2 Å². The molecule has 210 valence electrons. The molecule has 0 aliphatic heterocycles. The summed E-state index contributed by atoms with van der Waals surface area (Å²) in [5.41, 5.74) is 1.71. The summed E-state index contributed by atoms with van der Waals surface area (Å²) in [6.07, 6.45) is 3.56. The zero-order valence-corrected chi connectivity index (χ0v) is 24.2. The Labute approximate surface area is 240 Å². The van der Waals surface area contributed by atoms with Crippen LogP contribution in [0.3, 0.4) is 0 Å². The molecule has 0 bridgehead atoms. The number of halogens is 2. The summed E-state index contributed by atoms with van der Waals surface area (Å²) < 4.78 is 50.5. The molecule has 12 nitrogen and oxygen atoms in total. The van der Waals surface area contributed by atoms with Crippen molar-refractivity contribution in [1.82, 2.24) is 25.0 Å². The number of carbonyl (C=O) groups is 1. The number of hydrogen-bond donors (Lipinski definition) is 4. The van der Waals surface area contributed by atoms with E-state index >= 15 is 0 Å². The minimum Gasteiger partial charge on any atom is -0.349 e. The molecule has 0 atom stereocenters. The van der Waals surface area contributed by atoms with Gasteiger partial charge < -0.3 is 10.6 Å². The summed E-state index contributed by atoms with van der Waals surface area (Å²) in [6, 6.07) is 13.1. The van der Waals surface area contributed by atoms with E-state index in [1.807, 2.05) is 0 Å². The molecular formula is C24H23Cl2N7O5S2. The highest BCUT2D eigenvalue weighted by molar-refractivity contribution is 7.92. The van der Waals surface area contributed by atoms with E-state index in [-0.39, 0.29) is 30.4 Å². The van der Waals surface area contributed by atoms with Crippen LogP contribution in [-0.4, -0.2) is 63.3 Å². The molecule has 0 saturated carbocycles. The molecule has 4 rings (SSSR count). The molecule has 2 heterocycles. The number of aromatic nitrogens is 3. The minimum atomic E-state index is -3.47. The van der Waals surface area contributed by atoms with Crippen molar-refractivity contribution >= 4 is 77.5 Å². The van der Waals surface area contributed by atoms with Gasteiger partial charge in [-0.2, -0.15) is 4.98 Å². The number of rotatable bonds is 10. The van der Waals surface area contributed by atoms with Crippen molar-refractivity contribution in [3.63, 3.8) is 0 Å². The minimum absolute atomic E-state index is 0.00422. The van der Waals surface area contributed by atoms with Crippen molar-refractivity contribution in [2.24, 2.45) is 0 Å². The molecule has 2 aromatic carbocycles. The standard InChI is InChI=1S/C24H23Cl2N7O5S2/c1-39(35,36)29-10-9-27-23(34)21-17(20-18(25)7-4-8-19(20)26)11-14-13-28-24(32-22(14)31-21)30-15-5-3-6-16(12-15)33-40(2,37)38/h3-8,11-13,29,33H,9-10H2,1-2H3,(H,27,34)(H,28,30,31,32). The number of pyridine rings is 1. The molecule has 4 N–H and O–H groups in total. The third kappa shape index (κ3) is 7.76. The van der Waals surface area contributed by atoms with Crippen molar-refractivity contribution in [2.75, 3.05) is 35.6 Å². The van der Waals surface area contributed by atoms with Gasteiger partial charge in [-0.05, 0) is 36.4 Å².